The van der Waals surface area contributed by atoms with Gasteiger partial charge in [-0.05, 0) is 50.3 Å². The van der Waals surface area contributed by atoms with Crippen molar-refractivity contribution in [3.05, 3.63) is 34.3 Å². The van der Waals surface area contributed by atoms with Crippen LogP contribution in [0.3, 0.4) is 0 Å². The zero-order chi connectivity index (χ0) is 19.7. The van der Waals surface area contributed by atoms with Crippen LogP contribution in [0.5, 0.6) is 10.9 Å². The van der Waals surface area contributed by atoms with Crippen LogP contribution in [-0.4, -0.2) is 23.3 Å². The van der Waals surface area contributed by atoms with Crippen molar-refractivity contribution in [3.63, 3.8) is 0 Å². The highest BCUT2D eigenvalue weighted by molar-refractivity contribution is 7.11. The van der Waals surface area contributed by atoms with Gasteiger partial charge in [0.2, 0.25) is 11.8 Å². The summed E-state index contributed by atoms with van der Waals surface area (Å²) in [6, 6.07) is 5.07. The Hall–Kier alpha value is -2.12. The molecule has 2 aliphatic rings. The summed E-state index contributed by atoms with van der Waals surface area (Å²) in [5.41, 5.74) is 0.457. The maximum atomic E-state index is 13.2. The standard InChI is InChI=1S/C20H22ClN3O3S/c1-12-11-28-19(23-12)27-16-7-6-14(10-15(16)21)24-18(26)20(8-9-22-17(20)25)13-4-2-3-5-13/h6-7,10-11,13H,2-5,8-9H2,1H3,(H,22,25)(H,24,26). The molecule has 1 aliphatic heterocycles. The summed E-state index contributed by atoms with van der Waals surface area (Å²) in [6.45, 7) is 2.44. The number of benzene rings is 1. The Labute approximate surface area is 172 Å². The van der Waals surface area contributed by atoms with Gasteiger partial charge in [-0.3, -0.25) is 9.59 Å². The number of thiazole rings is 1. The highest BCUT2D eigenvalue weighted by Crippen LogP contribution is 2.45. The zero-order valence-electron chi connectivity index (χ0n) is 15.6. The van der Waals surface area contributed by atoms with Gasteiger partial charge in [0.05, 0.1) is 10.7 Å². The Kier molecular flexibility index (Phi) is 5.29. The molecule has 2 fully saturated rings. The Morgan fingerprint density at radius 2 is 2.18 bits per heavy atom. The predicted molar refractivity (Wildman–Crippen MR) is 109 cm³/mol. The fourth-order valence-corrected chi connectivity index (χ4v) is 5.11. The number of rotatable bonds is 5. The molecule has 1 aromatic heterocycles. The third-order valence-corrected chi connectivity index (χ3v) is 6.78. The summed E-state index contributed by atoms with van der Waals surface area (Å²) in [4.78, 5) is 30.0. The van der Waals surface area contributed by atoms with Crippen LogP contribution in [0, 0.1) is 18.3 Å². The molecule has 6 nitrogen and oxygen atoms in total. The van der Waals surface area contributed by atoms with E-state index in [0.717, 1.165) is 31.4 Å². The van der Waals surface area contributed by atoms with Crippen LogP contribution in [0.15, 0.2) is 23.6 Å². The topological polar surface area (TPSA) is 80.3 Å². The van der Waals surface area contributed by atoms with E-state index in [9.17, 15) is 9.59 Å². The Balaban J connectivity index is 1.52. The average Bonchev–Trinajstić information content (AvgIpc) is 3.39. The van der Waals surface area contributed by atoms with Crippen LogP contribution in [0.2, 0.25) is 5.02 Å². The fraction of sp³-hybridized carbons (Fsp3) is 0.450. The second-order valence-corrected chi connectivity index (χ2v) is 8.64. The van der Waals surface area contributed by atoms with E-state index < -0.39 is 5.41 Å². The lowest BCUT2D eigenvalue weighted by Crippen LogP contribution is -2.47. The van der Waals surface area contributed by atoms with Crippen LogP contribution >= 0.6 is 22.9 Å². The lowest BCUT2D eigenvalue weighted by atomic mass is 9.72. The molecular weight excluding hydrogens is 398 g/mol. The third-order valence-electron chi connectivity index (χ3n) is 5.65. The first-order valence-corrected chi connectivity index (χ1v) is 10.7. The number of nitrogens with zero attached hydrogens (tertiary/aromatic N) is 1. The van der Waals surface area contributed by atoms with Crippen molar-refractivity contribution >= 4 is 40.4 Å². The number of halogens is 1. The molecule has 1 saturated carbocycles. The van der Waals surface area contributed by atoms with E-state index in [-0.39, 0.29) is 17.7 Å². The fourth-order valence-electron chi connectivity index (χ4n) is 4.23. The molecule has 1 saturated heterocycles. The molecule has 1 atom stereocenters. The smallest absolute Gasteiger partial charge is 0.278 e. The van der Waals surface area contributed by atoms with E-state index in [1.807, 2.05) is 12.3 Å². The van der Waals surface area contributed by atoms with Crippen LogP contribution in [0.1, 0.15) is 37.8 Å². The highest BCUT2D eigenvalue weighted by atomic mass is 35.5. The Bertz CT molecular complexity index is 910. The molecule has 8 heteroatoms. The molecule has 0 spiro atoms. The van der Waals surface area contributed by atoms with E-state index in [1.165, 1.54) is 11.3 Å². The second-order valence-electron chi connectivity index (χ2n) is 7.41. The van der Waals surface area contributed by atoms with E-state index in [2.05, 4.69) is 15.6 Å². The van der Waals surface area contributed by atoms with Gasteiger partial charge in [0, 0.05) is 17.6 Å². The van der Waals surface area contributed by atoms with E-state index in [0.29, 0.717) is 34.6 Å². The molecule has 1 aromatic carbocycles. The summed E-state index contributed by atoms with van der Waals surface area (Å²) in [5, 5.41) is 8.55. The Morgan fingerprint density at radius 1 is 1.39 bits per heavy atom. The molecule has 0 radical (unpaired) electrons. The number of ether oxygens (including phenoxy) is 1. The molecule has 28 heavy (non-hydrogen) atoms. The van der Waals surface area contributed by atoms with E-state index >= 15 is 0 Å². The minimum atomic E-state index is -0.976. The van der Waals surface area contributed by atoms with Gasteiger partial charge in [-0.25, -0.2) is 4.98 Å². The first kappa shape index (κ1) is 19.2. The molecule has 2 aromatic rings. The number of amides is 2. The summed E-state index contributed by atoms with van der Waals surface area (Å²) in [6.07, 6.45) is 4.52. The van der Waals surface area contributed by atoms with Crippen molar-refractivity contribution < 1.29 is 14.3 Å². The number of carbonyl (C=O) groups excluding carboxylic acids is 2. The summed E-state index contributed by atoms with van der Waals surface area (Å²) < 4.78 is 5.71. The van der Waals surface area contributed by atoms with Gasteiger partial charge in [-0.2, -0.15) is 0 Å². The molecule has 2 N–H and O–H groups in total. The van der Waals surface area contributed by atoms with Crippen molar-refractivity contribution in [1.82, 2.24) is 10.3 Å². The minimum absolute atomic E-state index is 0.0984. The maximum Gasteiger partial charge on any atom is 0.278 e. The maximum absolute atomic E-state index is 13.2. The predicted octanol–water partition coefficient (Wildman–Crippen LogP) is 4.53. The molecule has 1 aliphatic carbocycles. The van der Waals surface area contributed by atoms with Gasteiger partial charge in [-0.15, -0.1) is 0 Å². The molecule has 1 unspecified atom stereocenters. The van der Waals surface area contributed by atoms with Crippen molar-refractivity contribution in [2.24, 2.45) is 11.3 Å². The van der Waals surface area contributed by atoms with Crippen LogP contribution in [-0.2, 0) is 9.59 Å². The number of hydrogen-bond acceptors (Lipinski definition) is 5. The lowest BCUT2D eigenvalue weighted by molar-refractivity contribution is -0.141. The number of aryl methyl sites for hydroxylation is 1. The average molecular weight is 420 g/mol. The van der Waals surface area contributed by atoms with Crippen molar-refractivity contribution in [1.29, 1.82) is 0 Å². The second kappa shape index (κ2) is 7.72. The zero-order valence-corrected chi connectivity index (χ0v) is 17.2. The Morgan fingerprint density at radius 3 is 2.79 bits per heavy atom. The van der Waals surface area contributed by atoms with Crippen molar-refractivity contribution in [2.75, 3.05) is 11.9 Å². The van der Waals surface area contributed by atoms with Gasteiger partial charge >= 0.3 is 0 Å². The molecule has 0 bridgehead atoms. The molecular formula is C20H22ClN3O3S. The molecule has 4 rings (SSSR count). The monoisotopic (exact) mass is 419 g/mol. The molecule has 2 heterocycles. The van der Waals surface area contributed by atoms with Crippen molar-refractivity contribution in [2.45, 2.75) is 39.0 Å². The summed E-state index contributed by atoms with van der Waals surface area (Å²) in [5.74, 6) is 0.177. The van der Waals surface area contributed by atoms with Gasteiger partial charge in [0.1, 0.15) is 11.2 Å². The highest BCUT2D eigenvalue weighted by Gasteiger charge is 2.54. The van der Waals surface area contributed by atoms with E-state index in [4.69, 9.17) is 16.3 Å². The van der Waals surface area contributed by atoms with Crippen LogP contribution in [0.4, 0.5) is 5.69 Å². The van der Waals surface area contributed by atoms with Gasteiger partial charge in [0.25, 0.3) is 5.19 Å². The van der Waals surface area contributed by atoms with Crippen LogP contribution in [0.25, 0.3) is 0 Å². The van der Waals surface area contributed by atoms with E-state index in [1.54, 1.807) is 18.2 Å². The van der Waals surface area contributed by atoms with Crippen LogP contribution < -0.4 is 15.4 Å². The molecule has 148 valence electrons. The number of aromatic nitrogens is 1. The number of anilines is 1. The normalized spacial score (nSPS) is 22.3. The molecule has 2 amide bonds. The van der Waals surface area contributed by atoms with Gasteiger partial charge in [-0.1, -0.05) is 35.8 Å². The quantitative estimate of drug-likeness (QED) is 0.697. The summed E-state index contributed by atoms with van der Waals surface area (Å²) >= 11 is 7.73. The first-order valence-electron chi connectivity index (χ1n) is 9.48. The first-order chi connectivity index (χ1) is 13.5. The SMILES string of the molecule is Cc1csc(Oc2ccc(NC(=O)C3(C4CCCC4)CCNC3=O)cc2Cl)n1. The van der Waals surface area contributed by atoms with Gasteiger partial charge < -0.3 is 15.4 Å². The number of carbonyl (C=O) groups is 2. The van der Waals surface area contributed by atoms with Crippen molar-refractivity contribution in [3.8, 4) is 10.9 Å². The third kappa shape index (κ3) is 3.49. The summed E-state index contributed by atoms with van der Waals surface area (Å²) in [7, 11) is 0. The minimum Gasteiger partial charge on any atom is -0.429 e. The number of hydrogen-bond donors (Lipinski definition) is 2. The van der Waals surface area contributed by atoms with Gasteiger partial charge in [0.15, 0.2) is 0 Å². The largest absolute Gasteiger partial charge is 0.429 e. The number of nitrogens with one attached hydrogen (secondary N) is 2. The lowest BCUT2D eigenvalue weighted by Gasteiger charge is -2.31.